The number of aromatic hydroxyl groups is 1. The Bertz CT molecular complexity index is 1440. The highest BCUT2D eigenvalue weighted by Gasteiger charge is 2.40. The molecule has 3 aromatic rings. The van der Waals surface area contributed by atoms with Crippen molar-refractivity contribution in [1.82, 2.24) is 0 Å². The van der Waals surface area contributed by atoms with Crippen LogP contribution in [0.15, 0.2) is 45.6 Å². The minimum Gasteiger partial charge on any atom is -0.547 e. The van der Waals surface area contributed by atoms with Crippen LogP contribution >= 0.6 is 11.6 Å². The van der Waals surface area contributed by atoms with Gasteiger partial charge in [0.15, 0.2) is 6.10 Å². The molecule has 0 aliphatic heterocycles. The van der Waals surface area contributed by atoms with Crippen LogP contribution < -0.4 is 10.5 Å². The van der Waals surface area contributed by atoms with Crippen LogP contribution in [0.2, 0.25) is 5.02 Å². The van der Waals surface area contributed by atoms with E-state index in [0.29, 0.717) is 6.42 Å². The van der Waals surface area contributed by atoms with Crippen LogP contribution in [0.3, 0.4) is 0 Å². The highest BCUT2D eigenvalue weighted by molar-refractivity contribution is 6.33. The van der Waals surface area contributed by atoms with E-state index in [2.05, 4.69) is 0 Å². The number of aliphatic carboxylic acids is 2. The summed E-state index contributed by atoms with van der Waals surface area (Å²) >= 11 is 6.12. The molecular formula is C28H27ClF3O9-. The summed E-state index contributed by atoms with van der Waals surface area (Å²) in [5.41, 5.74) is -1.40. The van der Waals surface area contributed by atoms with Crippen molar-refractivity contribution in [3.63, 3.8) is 0 Å². The molecule has 2 atom stereocenters. The predicted molar refractivity (Wildman–Crippen MR) is 139 cm³/mol. The van der Waals surface area contributed by atoms with Crippen molar-refractivity contribution in [3.8, 4) is 16.9 Å². The molecule has 1 aliphatic carbocycles. The number of hydrogen-bond donors (Lipinski definition) is 4. The lowest BCUT2D eigenvalue weighted by atomic mass is 9.90. The van der Waals surface area contributed by atoms with E-state index in [0.717, 1.165) is 38.5 Å². The lowest BCUT2D eigenvalue weighted by Gasteiger charge is -2.18. The third kappa shape index (κ3) is 7.57. The van der Waals surface area contributed by atoms with E-state index in [-0.39, 0.29) is 38.8 Å². The SMILES string of the molecule is O=C([O-])C(O)C(O)C(=O)O.O=c1c(-c2ccccc2Cl)c(C(F)(F)F)oc2c(CC3CCCCCC3)c(O)ccc12. The van der Waals surface area contributed by atoms with Gasteiger partial charge in [-0.1, -0.05) is 68.3 Å². The molecule has 9 nitrogen and oxygen atoms in total. The maximum absolute atomic E-state index is 14.0. The number of carbonyl (C=O) groups is 2. The highest BCUT2D eigenvalue weighted by Crippen LogP contribution is 2.41. The van der Waals surface area contributed by atoms with Crippen molar-refractivity contribution in [3.05, 3.63) is 63.0 Å². The summed E-state index contributed by atoms with van der Waals surface area (Å²) in [4.78, 5) is 32.7. The molecule has 2 aromatic carbocycles. The van der Waals surface area contributed by atoms with Crippen molar-refractivity contribution in [2.24, 2.45) is 5.92 Å². The van der Waals surface area contributed by atoms with Gasteiger partial charge in [0.1, 0.15) is 17.4 Å². The van der Waals surface area contributed by atoms with Gasteiger partial charge in [-0.25, -0.2) is 4.79 Å². The molecule has 4 rings (SSSR count). The standard InChI is InChI=1S/C24H22ClF3O3.C4H6O6/c25-18-10-6-5-9-15(18)20-21(30)16-11-12-19(29)17(13-14-7-3-1-2-4-8-14)22(16)31-23(20)24(26,27)28;5-1(3(7)8)2(6)4(9)10/h5-6,9-12,14,29H,1-4,7-8,13H2;1-2,5-6H,(H,7,8)(H,9,10)/p-1. The second-order valence-corrected chi connectivity index (χ2v) is 10.1. The Kier molecular flexibility index (Phi) is 10.4. The van der Waals surface area contributed by atoms with E-state index in [1.807, 2.05) is 0 Å². The number of carbonyl (C=O) groups excluding carboxylic acids is 1. The quantitative estimate of drug-likeness (QED) is 0.307. The van der Waals surface area contributed by atoms with Crippen LogP contribution in [-0.2, 0) is 22.2 Å². The third-order valence-corrected chi connectivity index (χ3v) is 7.13. The van der Waals surface area contributed by atoms with E-state index in [9.17, 15) is 37.8 Å². The van der Waals surface area contributed by atoms with Crippen molar-refractivity contribution in [1.29, 1.82) is 0 Å². The summed E-state index contributed by atoms with van der Waals surface area (Å²) < 4.78 is 47.3. The Morgan fingerprint density at radius 3 is 2.15 bits per heavy atom. The number of alkyl halides is 3. The molecule has 0 spiro atoms. The minimum atomic E-state index is -4.91. The lowest BCUT2D eigenvalue weighted by molar-refractivity contribution is -0.318. The summed E-state index contributed by atoms with van der Waals surface area (Å²) in [5.74, 6) is -5.15. The van der Waals surface area contributed by atoms with Gasteiger partial charge in [0.2, 0.25) is 11.2 Å². The number of halogens is 4. The number of hydrogen-bond acceptors (Lipinski definition) is 8. The number of carboxylic acid groups (broad SMARTS) is 2. The van der Waals surface area contributed by atoms with Gasteiger partial charge < -0.3 is 34.7 Å². The fraction of sp³-hybridized carbons (Fsp3) is 0.393. The fourth-order valence-corrected chi connectivity index (χ4v) is 4.96. The number of phenols is 1. The van der Waals surface area contributed by atoms with Crippen LogP contribution in [0.4, 0.5) is 13.2 Å². The third-order valence-electron chi connectivity index (χ3n) is 6.80. The first-order valence-corrected chi connectivity index (χ1v) is 13.0. The minimum absolute atomic E-state index is 0.00402. The van der Waals surface area contributed by atoms with Gasteiger partial charge in [-0.05, 0) is 30.5 Å². The van der Waals surface area contributed by atoms with E-state index < -0.39 is 47.1 Å². The highest BCUT2D eigenvalue weighted by atomic mass is 35.5. The van der Waals surface area contributed by atoms with E-state index in [1.54, 1.807) is 6.07 Å². The maximum atomic E-state index is 14.0. The van der Waals surface area contributed by atoms with Gasteiger partial charge in [-0.15, -0.1) is 0 Å². The monoisotopic (exact) mass is 599 g/mol. The Labute approximate surface area is 236 Å². The van der Waals surface area contributed by atoms with Crippen LogP contribution in [0.5, 0.6) is 5.75 Å². The summed E-state index contributed by atoms with van der Waals surface area (Å²) in [6, 6.07) is 8.55. The van der Waals surface area contributed by atoms with E-state index >= 15 is 0 Å². The molecule has 1 aromatic heterocycles. The summed E-state index contributed by atoms with van der Waals surface area (Å²) in [5, 5.41) is 44.6. The first-order chi connectivity index (χ1) is 19.2. The van der Waals surface area contributed by atoms with Crippen molar-refractivity contribution in [2.75, 3.05) is 0 Å². The van der Waals surface area contributed by atoms with Crippen LogP contribution in [0.25, 0.3) is 22.1 Å². The number of aliphatic hydroxyl groups is 2. The Morgan fingerprint density at radius 1 is 1.02 bits per heavy atom. The first kappa shape index (κ1) is 31.9. The van der Waals surface area contributed by atoms with Gasteiger partial charge >= 0.3 is 12.1 Å². The summed E-state index contributed by atoms with van der Waals surface area (Å²) in [7, 11) is 0. The molecule has 2 unspecified atom stereocenters. The van der Waals surface area contributed by atoms with Gasteiger partial charge in [0, 0.05) is 16.1 Å². The summed E-state index contributed by atoms with van der Waals surface area (Å²) in [6.45, 7) is 0. The molecular weight excluding hydrogens is 573 g/mol. The second-order valence-electron chi connectivity index (χ2n) is 9.66. The van der Waals surface area contributed by atoms with Crippen molar-refractivity contribution in [2.45, 2.75) is 63.3 Å². The average Bonchev–Trinajstić information content (AvgIpc) is 3.18. The molecule has 41 heavy (non-hydrogen) atoms. The molecule has 13 heteroatoms. The molecule has 222 valence electrons. The van der Waals surface area contributed by atoms with Crippen molar-refractivity contribution >= 4 is 34.5 Å². The number of benzene rings is 2. The molecule has 0 saturated heterocycles. The topological polar surface area (TPSA) is 168 Å². The lowest BCUT2D eigenvalue weighted by Crippen LogP contribution is -2.46. The summed E-state index contributed by atoms with van der Waals surface area (Å²) in [6.07, 6.45) is -3.02. The maximum Gasteiger partial charge on any atom is 0.450 e. The predicted octanol–water partition coefficient (Wildman–Crippen LogP) is 3.89. The molecule has 0 radical (unpaired) electrons. The number of rotatable bonds is 6. The first-order valence-electron chi connectivity index (χ1n) is 12.7. The fourth-order valence-electron chi connectivity index (χ4n) is 4.73. The van der Waals surface area contributed by atoms with Crippen LogP contribution in [-0.4, -0.2) is 44.6 Å². The molecule has 1 saturated carbocycles. The van der Waals surface area contributed by atoms with Gasteiger partial charge in [-0.2, -0.15) is 13.2 Å². The van der Waals surface area contributed by atoms with Crippen LogP contribution in [0.1, 0.15) is 49.8 Å². The largest absolute Gasteiger partial charge is 0.547 e. The Morgan fingerprint density at radius 2 is 1.63 bits per heavy atom. The molecule has 0 bridgehead atoms. The van der Waals surface area contributed by atoms with Gasteiger partial charge in [0.05, 0.1) is 16.9 Å². The number of phenolic OH excluding ortho intramolecular Hbond substituents is 1. The smallest absolute Gasteiger partial charge is 0.450 e. The molecule has 1 aliphatic rings. The van der Waals surface area contributed by atoms with Gasteiger partial charge in [-0.3, -0.25) is 4.79 Å². The molecule has 4 N–H and O–H groups in total. The molecule has 1 fully saturated rings. The van der Waals surface area contributed by atoms with E-state index in [4.69, 9.17) is 31.3 Å². The normalized spacial score (nSPS) is 15.9. The molecule has 1 heterocycles. The van der Waals surface area contributed by atoms with E-state index in [1.165, 1.54) is 30.3 Å². The Hall–Kier alpha value is -3.61. The molecule has 0 amide bonds. The number of aliphatic hydroxyl groups excluding tert-OH is 2. The zero-order valence-corrected chi connectivity index (χ0v) is 22.2. The van der Waals surface area contributed by atoms with Gasteiger partial charge in [0.25, 0.3) is 0 Å². The van der Waals surface area contributed by atoms with Crippen LogP contribution in [0, 0.1) is 5.92 Å². The number of carboxylic acids is 2. The zero-order valence-electron chi connectivity index (χ0n) is 21.5. The Balaban J connectivity index is 0.000000397. The number of fused-ring (bicyclic) bond motifs is 1. The average molecular weight is 600 g/mol. The second kappa shape index (κ2) is 13.4. The zero-order chi connectivity index (χ0) is 30.5. The van der Waals surface area contributed by atoms with Crippen molar-refractivity contribution < 1.29 is 52.7 Å².